The van der Waals surface area contributed by atoms with Gasteiger partial charge in [0.25, 0.3) is 0 Å². The van der Waals surface area contributed by atoms with Crippen molar-refractivity contribution in [3.8, 4) is 11.5 Å². The van der Waals surface area contributed by atoms with E-state index >= 15 is 0 Å². The Bertz CT molecular complexity index is 974. The maximum Gasteiger partial charge on any atom is 0.229 e. The number of anilines is 1. The van der Waals surface area contributed by atoms with Gasteiger partial charge in [-0.2, -0.15) is 0 Å². The lowest BCUT2D eigenvalue weighted by atomic mass is 9.53. The highest BCUT2D eigenvalue weighted by molar-refractivity contribution is 5.99. The molecule has 0 N–H and O–H groups in total. The summed E-state index contributed by atoms with van der Waals surface area (Å²) in [5.74, 6) is 2.57. The Kier molecular flexibility index (Phi) is 3.08. The minimum atomic E-state index is -0.0242. The van der Waals surface area contributed by atoms with Crippen molar-refractivity contribution in [2.24, 2.45) is 11.8 Å². The van der Waals surface area contributed by atoms with Crippen LogP contribution in [0, 0.1) is 11.8 Å². The van der Waals surface area contributed by atoms with Gasteiger partial charge in [0.05, 0.1) is 45.1 Å². The van der Waals surface area contributed by atoms with Crippen molar-refractivity contribution >= 4 is 11.6 Å². The van der Waals surface area contributed by atoms with Crippen LogP contribution in [0.1, 0.15) is 24.8 Å². The lowest BCUT2D eigenvalue weighted by Crippen LogP contribution is -2.69. The van der Waals surface area contributed by atoms with E-state index in [1.54, 1.807) is 19.8 Å². The fourth-order valence-electron chi connectivity index (χ4n) is 7.87. The molecule has 6 atom stereocenters. The molecule has 1 aromatic carbocycles. The first-order chi connectivity index (χ1) is 14.2. The number of rotatable bonds is 2. The average molecular weight is 394 g/mol. The Morgan fingerprint density at radius 3 is 2.86 bits per heavy atom. The minimum absolute atomic E-state index is 0.0242. The first-order valence-electron chi connectivity index (χ1n) is 10.8. The fraction of sp³-hybridized carbons (Fsp3) is 0.609. The van der Waals surface area contributed by atoms with E-state index in [2.05, 4.69) is 21.9 Å². The maximum absolute atomic E-state index is 13.5. The molecule has 29 heavy (non-hydrogen) atoms. The zero-order chi connectivity index (χ0) is 19.5. The number of amides is 1. The van der Waals surface area contributed by atoms with E-state index in [0.717, 1.165) is 30.9 Å². The van der Waals surface area contributed by atoms with Crippen LogP contribution in [-0.4, -0.2) is 62.9 Å². The van der Waals surface area contributed by atoms with Gasteiger partial charge < -0.3 is 19.1 Å². The number of hydrogen-bond acceptors (Lipinski definition) is 5. The van der Waals surface area contributed by atoms with Crippen LogP contribution in [0.5, 0.6) is 11.5 Å². The second kappa shape index (κ2) is 5.35. The van der Waals surface area contributed by atoms with Crippen LogP contribution in [0.3, 0.4) is 0 Å². The molecule has 5 aliphatic heterocycles. The van der Waals surface area contributed by atoms with Gasteiger partial charge in [0.2, 0.25) is 5.91 Å². The highest BCUT2D eigenvalue weighted by Gasteiger charge is 2.71. The summed E-state index contributed by atoms with van der Waals surface area (Å²) in [4.78, 5) is 18.3. The molecule has 0 unspecified atom stereocenters. The summed E-state index contributed by atoms with van der Waals surface area (Å²) in [7, 11) is 3.36. The highest BCUT2D eigenvalue weighted by Crippen LogP contribution is 2.66. The minimum Gasteiger partial charge on any atom is -0.493 e. The van der Waals surface area contributed by atoms with Gasteiger partial charge in [-0.1, -0.05) is 11.6 Å². The van der Waals surface area contributed by atoms with Crippen molar-refractivity contribution in [2.75, 3.05) is 38.8 Å². The van der Waals surface area contributed by atoms with Gasteiger partial charge >= 0.3 is 0 Å². The quantitative estimate of drug-likeness (QED) is 0.719. The largest absolute Gasteiger partial charge is 0.493 e. The Labute approximate surface area is 170 Å². The third-order valence-electron chi connectivity index (χ3n) is 8.81. The molecule has 1 spiro atoms. The molecule has 152 valence electrons. The second-order valence-electron chi connectivity index (χ2n) is 9.48. The van der Waals surface area contributed by atoms with Crippen molar-refractivity contribution in [1.82, 2.24) is 4.90 Å². The van der Waals surface area contributed by atoms with E-state index in [4.69, 9.17) is 14.2 Å². The number of carbonyl (C=O) groups excluding carboxylic acids is 1. The molecule has 0 radical (unpaired) electrons. The smallest absolute Gasteiger partial charge is 0.229 e. The molecule has 1 aromatic rings. The van der Waals surface area contributed by atoms with E-state index in [1.807, 2.05) is 6.07 Å². The summed E-state index contributed by atoms with van der Waals surface area (Å²) in [5.41, 5.74) is 3.85. The first-order valence-corrected chi connectivity index (χ1v) is 10.8. The summed E-state index contributed by atoms with van der Waals surface area (Å²) in [6.07, 6.45) is 5.11. The zero-order valence-corrected chi connectivity index (χ0v) is 16.9. The zero-order valence-electron chi connectivity index (χ0n) is 16.9. The topological polar surface area (TPSA) is 51.2 Å². The summed E-state index contributed by atoms with van der Waals surface area (Å²) in [6.45, 7) is 2.80. The van der Waals surface area contributed by atoms with E-state index < -0.39 is 0 Å². The lowest BCUT2D eigenvalue weighted by molar-refractivity contribution is -0.132. The number of methoxy groups -OCH3 is 2. The predicted molar refractivity (Wildman–Crippen MR) is 107 cm³/mol. The van der Waals surface area contributed by atoms with Gasteiger partial charge in [-0.25, -0.2) is 0 Å². The molecule has 0 aromatic heterocycles. The molecule has 6 nitrogen and oxygen atoms in total. The number of fused-ring (bicyclic) bond motifs is 2. The SMILES string of the molecule is COc1cc2c(cc1OC)[C@]13CCN4CC5=CCO[C@@H]6CC(=O)N2[C@H]1[C@@H]6[C@H]5C[C@H]43. The third-order valence-corrected chi connectivity index (χ3v) is 8.81. The molecule has 3 saturated heterocycles. The molecule has 1 amide bonds. The third kappa shape index (κ3) is 1.76. The van der Waals surface area contributed by atoms with Crippen LogP contribution in [-0.2, 0) is 14.9 Å². The summed E-state index contributed by atoms with van der Waals surface area (Å²) < 4.78 is 17.6. The lowest BCUT2D eigenvalue weighted by Gasteiger charge is -2.58. The van der Waals surface area contributed by atoms with Crippen molar-refractivity contribution in [3.63, 3.8) is 0 Å². The Hall–Kier alpha value is -2.05. The number of ether oxygens (including phenoxy) is 3. The van der Waals surface area contributed by atoms with Crippen LogP contribution in [0.15, 0.2) is 23.8 Å². The van der Waals surface area contributed by atoms with Crippen molar-refractivity contribution in [1.29, 1.82) is 0 Å². The van der Waals surface area contributed by atoms with Crippen LogP contribution in [0.25, 0.3) is 0 Å². The molecule has 1 saturated carbocycles. The summed E-state index contributed by atoms with van der Waals surface area (Å²) in [5, 5.41) is 0. The van der Waals surface area contributed by atoms with Crippen LogP contribution in [0.2, 0.25) is 0 Å². The number of carbonyl (C=O) groups is 1. The maximum atomic E-state index is 13.5. The van der Waals surface area contributed by atoms with Crippen molar-refractivity contribution < 1.29 is 19.0 Å². The second-order valence-corrected chi connectivity index (χ2v) is 9.48. The molecule has 5 heterocycles. The molecule has 1 aliphatic carbocycles. The standard InChI is InChI=1S/C23H26N2O4/c1-27-16-8-14-15(9-17(16)28-2)25-20(26)10-18-21-13-7-19-23(14,22(21)25)4-5-24(19)11-12(13)3-6-29-18/h3,8-9,13,18-19,21-22H,4-7,10-11H2,1-2H3/t13-,18+,19-,21+,22-,23-/m0/s1. The van der Waals surface area contributed by atoms with E-state index in [0.29, 0.717) is 36.7 Å². The van der Waals surface area contributed by atoms with Gasteiger partial charge in [-0.15, -0.1) is 0 Å². The Morgan fingerprint density at radius 2 is 2.03 bits per heavy atom. The van der Waals surface area contributed by atoms with Gasteiger partial charge in [0.15, 0.2) is 11.5 Å². The summed E-state index contributed by atoms with van der Waals surface area (Å²) >= 11 is 0. The molecular weight excluding hydrogens is 368 g/mol. The molecule has 6 aliphatic rings. The van der Waals surface area contributed by atoms with Gasteiger partial charge in [-0.3, -0.25) is 9.69 Å². The fourth-order valence-corrected chi connectivity index (χ4v) is 7.87. The van der Waals surface area contributed by atoms with E-state index in [1.165, 1.54) is 12.0 Å². The van der Waals surface area contributed by atoms with Crippen molar-refractivity contribution in [2.45, 2.75) is 42.9 Å². The number of nitrogens with zero attached hydrogens (tertiary/aromatic N) is 2. The molecular formula is C23H26N2O4. The van der Waals surface area contributed by atoms with E-state index in [-0.39, 0.29) is 23.5 Å². The van der Waals surface area contributed by atoms with Crippen LogP contribution >= 0.6 is 0 Å². The highest BCUT2D eigenvalue weighted by atomic mass is 16.5. The Balaban J connectivity index is 1.52. The number of benzene rings is 1. The number of piperidine rings is 2. The normalized spacial score (nSPS) is 41.0. The molecule has 4 fully saturated rings. The first kappa shape index (κ1) is 16.7. The van der Waals surface area contributed by atoms with Gasteiger partial charge in [0, 0.05) is 30.0 Å². The van der Waals surface area contributed by atoms with Crippen LogP contribution in [0.4, 0.5) is 5.69 Å². The number of hydrogen-bond donors (Lipinski definition) is 0. The monoisotopic (exact) mass is 394 g/mol. The molecule has 2 bridgehead atoms. The Morgan fingerprint density at radius 1 is 1.21 bits per heavy atom. The van der Waals surface area contributed by atoms with Crippen LogP contribution < -0.4 is 14.4 Å². The average Bonchev–Trinajstić information content (AvgIpc) is 3.20. The van der Waals surface area contributed by atoms with Gasteiger partial charge in [-0.05, 0) is 36.9 Å². The molecule has 7 rings (SSSR count). The molecule has 6 heteroatoms. The summed E-state index contributed by atoms with van der Waals surface area (Å²) in [6, 6.07) is 4.87. The predicted octanol–water partition coefficient (Wildman–Crippen LogP) is 2.11. The van der Waals surface area contributed by atoms with E-state index in [9.17, 15) is 4.79 Å². The van der Waals surface area contributed by atoms with Gasteiger partial charge in [0.1, 0.15) is 0 Å². The van der Waals surface area contributed by atoms with Crippen molar-refractivity contribution in [3.05, 3.63) is 29.3 Å².